The van der Waals surface area contributed by atoms with Crippen LogP contribution in [0.25, 0.3) is 16.7 Å². The Hall–Kier alpha value is -3.05. The summed E-state index contributed by atoms with van der Waals surface area (Å²) < 4.78 is 6.77. The number of thioether (sulfide) groups is 1. The Morgan fingerprint density at radius 2 is 2.03 bits per heavy atom. The van der Waals surface area contributed by atoms with Gasteiger partial charge in [0.25, 0.3) is 0 Å². The number of aromatic nitrogens is 2. The number of carbonyl (C=O) groups is 2. The molecule has 0 bridgehead atoms. The highest BCUT2D eigenvalue weighted by atomic mass is 32.2. The molecule has 0 saturated carbocycles. The van der Waals surface area contributed by atoms with Crippen molar-refractivity contribution in [3.63, 3.8) is 0 Å². The van der Waals surface area contributed by atoms with E-state index in [2.05, 4.69) is 11.1 Å². The van der Waals surface area contributed by atoms with Crippen LogP contribution < -0.4 is 0 Å². The van der Waals surface area contributed by atoms with E-state index in [0.717, 1.165) is 21.6 Å². The minimum absolute atomic E-state index is 0.0444. The van der Waals surface area contributed by atoms with Crippen LogP contribution in [0.3, 0.4) is 0 Å². The number of para-hydroxylation sites is 2. The minimum atomic E-state index is -0.195. The summed E-state index contributed by atoms with van der Waals surface area (Å²) in [7, 11) is 1.40. The Balaban J connectivity index is 1.55. The van der Waals surface area contributed by atoms with Crippen LogP contribution >= 0.6 is 11.8 Å². The molecule has 154 valence electrons. The van der Waals surface area contributed by atoms with Crippen LogP contribution in [-0.2, 0) is 14.3 Å². The van der Waals surface area contributed by atoms with Gasteiger partial charge in [-0.05, 0) is 43.5 Å². The predicted octanol–water partition coefficient (Wildman–Crippen LogP) is 3.17. The van der Waals surface area contributed by atoms with E-state index < -0.39 is 0 Å². The SMILES string of the molecule is COC(=O)C1CCN(C(=O)CSc2cc(C)c(C#N)c3nc4ccccc4n23)CC1. The third-order valence-electron chi connectivity index (χ3n) is 5.58. The number of rotatable bonds is 4. The van der Waals surface area contributed by atoms with E-state index in [4.69, 9.17) is 4.74 Å². The fourth-order valence-corrected chi connectivity index (χ4v) is 4.95. The molecule has 2 aromatic heterocycles. The number of piperidine rings is 1. The lowest BCUT2D eigenvalue weighted by molar-refractivity contribution is -0.148. The molecule has 8 heteroatoms. The first-order valence-electron chi connectivity index (χ1n) is 9.82. The van der Waals surface area contributed by atoms with Crippen LogP contribution in [0.5, 0.6) is 0 Å². The number of carbonyl (C=O) groups excluding carboxylic acids is 2. The summed E-state index contributed by atoms with van der Waals surface area (Å²) in [5.74, 6) is 0.0159. The lowest BCUT2D eigenvalue weighted by Crippen LogP contribution is -2.41. The van der Waals surface area contributed by atoms with Crippen LogP contribution in [0.2, 0.25) is 0 Å². The molecule has 1 amide bonds. The quantitative estimate of drug-likeness (QED) is 0.474. The lowest BCUT2D eigenvalue weighted by atomic mass is 9.97. The summed E-state index contributed by atoms with van der Waals surface area (Å²) in [6.07, 6.45) is 1.27. The fraction of sp³-hybridized carbons (Fsp3) is 0.364. The number of nitrogens with zero attached hydrogens (tertiary/aromatic N) is 4. The summed E-state index contributed by atoms with van der Waals surface area (Å²) in [6, 6.07) is 11.9. The molecule has 3 heterocycles. The van der Waals surface area contributed by atoms with Crippen molar-refractivity contribution in [1.82, 2.24) is 14.3 Å². The van der Waals surface area contributed by atoms with E-state index in [-0.39, 0.29) is 23.5 Å². The molecule has 0 radical (unpaired) electrons. The number of pyridine rings is 1. The molecule has 0 unspecified atom stereocenters. The summed E-state index contributed by atoms with van der Waals surface area (Å²) in [5.41, 5.74) is 3.74. The summed E-state index contributed by atoms with van der Waals surface area (Å²) >= 11 is 1.45. The van der Waals surface area contributed by atoms with E-state index in [0.29, 0.717) is 37.1 Å². The number of aryl methyl sites for hydroxylation is 1. The Bertz CT molecular complexity index is 1170. The van der Waals surface area contributed by atoms with Gasteiger partial charge in [-0.15, -0.1) is 0 Å². The van der Waals surface area contributed by atoms with E-state index in [9.17, 15) is 14.9 Å². The smallest absolute Gasteiger partial charge is 0.308 e. The number of hydrogen-bond acceptors (Lipinski definition) is 6. The van der Waals surface area contributed by atoms with Gasteiger partial charge in [-0.2, -0.15) is 5.26 Å². The van der Waals surface area contributed by atoms with Crippen molar-refractivity contribution < 1.29 is 14.3 Å². The van der Waals surface area contributed by atoms with Crippen LogP contribution in [0, 0.1) is 24.2 Å². The normalized spacial score (nSPS) is 14.8. The fourth-order valence-electron chi connectivity index (χ4n) is 3.92. The average Bonchev–Trinajstić information content (AvgIpc) is 3.16. The lowest BCUT2D eigenvalue weighted by Gasteiger charge is -2.30. The van der Waals surface area contributed by atoms with Crippen LogP contribution in [0.4, 0.5) is 0 Å². The van der Waals surface area contributed by atoms with Gasteiger partial charge in [0.1, 0.15) is 6.07 Å². The highest BCUT2D eigenvalue weighted by molar-refractivity contribution is 7.99. The number of nitriles is 1. The number of likely N-dealkylation sites (tertiary alicyclic amines) is 1. The van der Waals surface area contributed by atoms with Gasteiger partial charge in [-0.25, -0.2) is 4.98 Å². The molecule has 1 fully saturated rings. The maximum atomic E-state index is 12.8. The number of benzene rings is 1. The van der Waals surface area contributed by atoms with Gasteiger partial charge >= 0.3 is 5.97 Å². The Morgan fingerprint density at radius 1 is 1.30 bits per heavy atom. The maximum absolute atomic E-state index is 12.8. The number of hydrogen-bond donors (Lipinski definition) is 0. The highest BCUT2D eigenvalue weighted by Gasteiger charge is 2.28. The number of esters is 1. The molecule has 30 heavy (non-hydrogen) atoms. The van der Waals surface area contributed by atoms with Gasteiger partial charge in [0.2, 0.25) is 5.91 Å². The predicted molar refractivity (Wildman–Crippen MR) is 114 cm³/mol. The second-order valence-electron chi connectivity index (χ2n) is 7.38. The van der Waals surface area contributed by atoms with E-state index >= 15 is 0 Å². The topological polar surface area (TPSA) is 87.7 Å². The van der Waals surface area contributed by atoms with Gasteiger partial charge in [-0.3, -0.25) is 14.0 Å². The molecule has 0 atom stereocenters. The van der Waals surface area contributed by atoms with Crippen molar-refractivity contribution in [1.29, 1.82) is 5.26 Å². The summed E-state index contributed by atoms with van der Waals surface area (Å²) in [5, 5.41) is 10.5. The maximum Gasteiger partial charge on any atom is 0.308 e. The third-order valence-corrected chi connectivity index (χ3v) is 6.56. The third kappa shape index (κ3) is 3.61. The summed E-state index contributed by atoms with van der Waals surface area (Å²) in [4.78, 5) is 30.9. The zero-order valence-electron chi connectivity index (χ0n) is 16.9. The number of ether oxygens (including phenoxy) is 1. The summed E-state index contributed by atoms with van der Waals surface area (Å²) in [6.45, 7) is 3.02. The number of imidazole rings is 1. The van der Waals surface area contributed by atoms with Crippen molar-refractivity contribution in [3.8, 4) is 6.07 Å². The second kappa shape index (κ2) is 8.36. The molecule has 3 aromatic rings. The van der Waals surface area contributed by atoms with Crippen molar-refractivity contribution in [3.05, 3.63) is 41.5 Å². The van der Waals surface area contributed by atoms with Crippen LogP contribution in [-0.4, -0.2) is 52.1 Å². The molecule has 1 aliphatic rings. The first kappa shape index (κ1) is 20.2. The molecule has 1 saturated heterocycles. The van der Waals surface area contributed by atoms with E-state index in [1.54, 1.807) is 0 Å². The molecule has 0 aliphatic carbocycles. The monoisotopic (exact) mass is 422 g/mol. The molecule has 1 aliphatic heterocycles. The Morgan fingerprint density at radius 3 is 2.73 bits per heavy atom. The highest BCUT2D eigenvalue weighted by Crippen LogP contribution is 2.30. The van der Waals surface area contributed by atoms with E-state index in [1.807, 2.05) is 46.6 Å². The Kier molecular flexibility index (Phi) is 5.64. The van der Waals surface area contributed by atoms with Gasteiger partial charge in [0, 0.05) is 13.1 Å². The zero-order valence-corrected chi connectivity index (χ0v) is 17.7. The van der Waals surface area contributed by atoms with Crippen LogP contribution in [0.1, 0.15) is 24.0 Å². The molecule has 7 nitrogen and oxygen atoms in total. The largest absolute Gasteiger partial charge is 0.469 e. The average molecular weight is 423 g/mol. The number of amides is 1. The molecular formula is C22H22N4O3S. The van der Waals surface area contributed by atoms with Gasteiger partial charge < -0.3 is 9.64 Å². The molecule has 1 aromatic carbocycles. The zero-order chi connectivity index (χ0) is 21.3. The van der Waals surface area contributed by atoms with Gasteiger partial charge in [0.05, 0.1) is 40.4 Å². The number of methoxy groups -OCH3 is 1. The van der Waals surface area contributed by atoms with Crippen molar-refractivity contribution in [2.24, 2.45) is 5.92 Å². The Labute approximate surface area is 178 Å². The first-order chi connectivity index (χ1) is 14.5. The van der Waals surface area contributed by atoms with Gasteiger partial charge in [0.15, 0.2) is 5.65 Å². The van der Waals surface area contributed by atoms with E-state index in [1.165, 1.54) is 18.9 Å². The molecule has 0 spiro atoms. The number of fused-ring (bicyclic) bond motifs is 3. The molecule has 0 N–H and O–H groups in total. The van der Waals surface area contributed by atoms with Crippen molar-refractivity contribution >= 4 is 40.3 Å². The first-order valence-corrected chi connectivity index (χ1v) is 10.8. The van der Waals surface area contributed by atoms with Crippen LogP contribution in [0.15, 0.2) is 35.4 Å². The van der Waals surface area contributed by atoms with Crippen molar-refractivity contribution in [2.75, 3.05) is 26.0 Å². The molecular weight excluding hydrogens is 400 g/mol. The van der Waals surface area contributed by atoms with Crippen molar-refractivity contribution in [2.45, 2.75) is 24.8 Å². The molecule has 4 rings (SSSR count). The second-order valence-corrected chi connectivity index (χ2v) is 8.37. The van der Waals surface area contributed by atoms with Gasteiger partial charge in [-0.1, -0.05) is 23.9 Å². The standard InChI is InChI=1S/C22H22N4O3S/c1-14-11-20(26-18-6-4-3-5-17(18)24-21(26)16(14)12-23)30-13-19(27)25-9-7-15(8-10-25)22(28)29-2/h3-6,11,15H,7-10,13H2,1-2H3. The minimum Gasteiger partial charge on any atom is -0.469 e.